The van der Waals surface area contributed by atoms with E-state index in [1.54, 1.807) is 0 Å². The van der Waals surface area contributed by atoms with Gasteiger partial charge in [-0.05, 0) is 35.4 Å². The van der Waals surface area contributed by atoms with Gasteiger partial charge < -0.3 is 4.42 Å². The Bertz CT molecular complexity index is 980. The minimum Gasteiger partial charge on any atom is -0.416 e. The first-order valence-electron chi connectivity index (χ1n) is 7.55. The van der Waals surface area contributed by atoms with Crippen LogP contribution in [0.1, 0.15) is 0 Å². The first kappa shape index (κ1) is 14.8. The van der Waals surface area contributed by atoms with Gasteiger partial charge in [0.25, 0.3) is 0 Å². The lowest BCUT2D eigenvalue weighted by Crippen LogP contribution is -1.84. The lowest BCUT2D eigenvalue weighted by molar-refractivity contribution is 0.585. The van der Waals surface area contributed by atoms with Crippen molar-refractivity contribution in [2.45, 2.75) is 0 Å². The molecule has 0 unspecified atom stereocenters. The Hall–Kier alpha value is -2.72. The smallest absolute Gasteiger partial charge is 0.248 e. The summed E-state index contributed by atoms with van der Waals surface area (Å²) in [6.45, 7) is 0. The molecule has 0 amide bonds. The fourth-order valence-corrected chi connectivity index (χ4v) is 3.01. The number of hydrogen-bond donors (Lipinski definition) is 0. The van der Waals surface area contributed by atoms with E-state index in [1.807, 2.05) is 60.7 Å². The SMILES string of the molecule is Brc1cccc(-c2nnc(-c3ccccc3-c3ccccc3)o2)c1. The van der Waals surface area contributed by atoms with E-state index in [4.69, 9.17) is 4.42 Å². The summed E-state index contributed by atoms with van der Waals surface area (Å²) < 4.78 is 6.91. The van der Waals surface area contributed by atoms with Crippen LogP contribution in [0.3, 0.4) is 0 Å². The van der Waals surface area contributed by atoms with Gasteiger partial charge in [0, 0.05) is 15.6 Å². The molecule has 0 bridgehead atoms. The van der Waals surface area contributed by atoms with Crippen LogP contribution >= 0.6 is 15.9 Å². The van der Waals surface area contributed by atoms with E-state index < -0.39 is 0 Å². The van der Waals surface area contributed by atoms with Gasteiger partial charge in [0.1, 0.15) is 0 Å². The molecule has 1 heterocycles. The molecule has 3 aromatic carbocycles. The number of benzene rings is 3. The van der Waals surface area contributed by atoms with Gasteiger partial charge in [-0.2, -0.15) is 0 Å². The Kier molecular flexibility index (Phi) is 3.97. The van der Waals surface area contributed by atoms with Gasteiger partial charge in [0.2, 0.25) is 11.8 Å². The van der Waals surface area contributed by atoms with Gasteiger partial charge in [0.05, 0.1) is 0 Å². The Balaban J connectivity index is 1.79. The molecule has 0 aliphatic rings. The number of nitrogens with zero attached hydrogens (tertiary/aromatic N) is 2. The minimum atomic E-state index is 0.508. The zero-order valence-corrected chi connectivity index (χ0v) is 14.3. The Morgan fingerprint density at radius 3 is 2.08 bits per heavy atom. The summed E-state index contributed by atoms with van der Waals surface area (Å²) in [5, 5.41) is 8.45. The maximum Gasteiger partial charge on any atom is 0.248 e. The fraction of sp³-hybridized carbons (Fsp3) is 0. The molecular weight excluding hydrogens is 364 g/mol. The molecule has 0 aliphatic carbocycles. The second kappa shape index (κ2) is 6.42. The van der Waals surface area contributed by atoms with Crippen LogP contribution in [0.4, 0.5) is 0 Å². The summed E-state index contributed by atoms with van der Waals surface area (Å²) in [7, 11) is 0. The predicted molar refractivity (Wildman–Crippen MR) is 98.3 cm³/mol. The van der Waals surface area contributed by atoms with Crippen LogP contribution in [0.25, 0.3) is 34.0 Å². The highest BCUT2D eigenvalue weighted by Gasteiger charge is 2.14. The molecule has 4 aromatic rings. The van der Waals surface area contributed by atoms with Crippen molar-refractivity contribution >= 4 is 15.9 Å². The average Bonchev–Trinajstić information content (AvgIpc) is 3.12. The highest BCUT2D eigenvalue weighted by Crippen LogP contribution is 2.32. The van der Waals surface area contributed by atoms with Crippen molar-refractivity contribution < 1.29 is 4.42 Å². The van der Waals surface area contributed by atoms with E-state index in [2.05, 4.69) is 44.3 Å². The zero-order chi connectivity index (χ0) is 16.4. The molecule has 0 fully saturated rings. The third-order valence-corrected chi connectivity index (χ3v) is 4.23. The van der Waals surface area contributed by atoms with Gasteiger partial charge >= 0.3 is 0 Å². The summed E-state index contributed by atoms with van der Waals surface area (Å²) in [5.74, 6) is 1.03. The highest BCUT2D eigenvalue weighted by atomic mass is 79.9. The average molecular weight is 377 g/mol. The van der Waals surface area contributed by atoms with Crippen molar-refractivity contribution in [1.29, 1.82) is 0 Å². The van der Waals surface area contributed by atoms with Gasteiger partial charge in [-0.1, -0.05) is 70.5 Å². The van der Waals surface area contributed by atoms with Gasteiger partial charge in [-0.15, -0.1) is 10.2 Å². The molecule has 0 N–H and O–H groups in total. The van der Waals surface area contributed by atoms with Crippen LogP contribution in [0.15, 0.2) is 87.8 Å². The van der Waals surface area contributed by atoms with Crippen LogP contribution in [-0.2, 0) is 0 Å². The Labute approximate surface area is 148 Å². The van der Waals surface area contributed by atoms with E-state index >= 15 is 0 Å². The standard InChI is InChI=1S/C20H13BrN2O/c21-16-10-6-9-15(13-16)19-22-23-20(24-19)18-12-5-4-11-17(18)14-7-2-1-3-8-14/h1-13H. The maximum atomic E-state index is 5.93. The molecule has 0 saturated heterocycles. The van der Waals surface area contributed by atoms with E-state index in [1.165, 1.54) is 0 Å². The predicted octanol–water partition coefficient (Wildman–Crippen LogP) is 5.83. The maximum absolute atomic E-state index is 5.93. The third-order valence-electron chi connectivity index (χ3n) is 3.74. The van der Waals surface area contributed by atoms with Crippen LogP contribution in [0.5, 0.6) is 0 Å². The van der Waals surface area contributed by atoms with Crippen molar-refractivity contribution in [3.8, 4) is 34.0 Å². The summed E-state index contributed by atoms with van der Waals surface area (Å²) >= 11 is 3.46. The topological polar surface area (TPSA) is 38.9 Å². The summed E-state index contributed by atoms with van der Waals surface area (Å²) in [6.07, 6.45) is 0. The van der Waals surface area contributed by atoms with E-state index in [0.29, 0.717) is 11.8 Å². The van der Waals surface area contributed by atoms with Crippen molar-refractivity contribution in [3.63, 3.8) is 0 Å². The second-order valence-electron chi connectivity index (χ2n) is 5.33. The fourth-order valence-electron chi connectivity index (χ4n) is 2.61. The quantitative estimate of drug-likeness (QED) is 0.451. The van der Waals surface area contributed by atoms with Crippen LogP contribution in [0.2, 0.25) is 0 Å². The van der Waals surface area contributed by atoms with Gasteiger partial charge in [-0.3, -0.25) is 0 Å². The van der Waals surface area contributed by atoms with Crippen molar-refractivity contribution in [1.82, 2.24) is 10.2 Å². The molecule has 4 rings (SSSR count). The first-order chi connectivity index (χ1) is 11.8. The van der Waals surface area contributed by atoms with Crippen LogP contribution < -0.4 is 0 Å². The number of aromatic nitrogens is 2. The summed E-state index contributed by atoms with van der Waals surface area (Å²) in [5.41, 5.74) is 4.01. The van der Waals surface area contributed by atoms with E-state index in [-0.39, 0.29) is 0 Å². The molecular formula is C20H13BrN2O. The molecule has 1 aromatic heterocycles. The van der Waals surface area contributed by atoms with Crippen LogP contribution in [0, 0.1) is 0 Å². The number of hydrogen-bond acceptors (Lipinski definition) is 3. The van der Waals surface area contributed by atoms with E-state index in [0.717, 1.165) is 26.7 Å². The largest absolute Gasteiger partial charge is 0.416 e. The molecule has 3 nitrogen and oxygen atoms in total. The Morgan fingerprint density at radius 1 is 0.625 bits per heavy atom. The molecule has 4 heteroatoms. The molecule has 24 heavy (non-hydrogen) atoms. The van der Waals surface area contributed by atoms with Crippen LogP contribution in [-0.4, -0.2) is 10.2 Å². The normalized spacial score (nSPS) is 10.7. The molecule has 116 valence electrons. The second-order valence-corrected chi connectivity index (χ2v) is 6.25. The first-order valence-corrected chi connectivity index (χ1v) is 8.35. The molecule has 0 atom stereocenters. The molecule has 0 aliphatic heterocycles. The van der Waals surface area contributed by atoms with Crippen molar-refractivity contribution in [3.05, 3.63) is 83.3 Å². The highest BCUT2D eigenvalue weighted by molar-refractivity contribution is 9.10. The molecule has 0 radical (unpaired) electrons. The Morgan fingerprint density at radius 2 is 1.29 bits per heavy atom. The lowest BCUT2D eigenvalue weighted by Gasteiger charge is -2.06. The van der Waals surface area contributed by atoms with Crippen molar-refractivity contribution in [2.75, 3.05) is 0 Å². The van der Waals surface area contributed by atoms with E-state index in [9.17, 15) is 0 Å². The monoisotopic (exact) mass is 376 g/mol. The molecule has 0 spiro atoms. The third kappa shape index (κ3) is 2.88. The van der Waals surface area contributed by atoms with Gasteiger partial charge in [-0.25, -0.2) is 0 Å². The summed E-state index contributed by atoms with van der Waals surface area (Å²) in [4.78, 5) is 0. The van der Waals surface area contributed by atoms with Crippen molar-refractivity contribution in [2.24, 2.45) is 0 Å². The minimum absolute atomic E-state index is 0.508. The lowest BCUT2D eigenvalue weighted by atomic mass is 10.00. The number of rotatable bonds is 3. The van der Waals surface area contributed by atoms with Gasteiger partial charge in [0.15, 0.2) is 0 Å². The molecule has 0 saturated carbocycles. The number of halogens is 1. The zero-order valence-electron chi connectivity index (χ0n) is 12.7. The summed E-state index contributed by atoms with van der Waals surface area (Å²) in [6, 6.07) is 26.1.